The first-order valence-electron chi connectivity index (χ1n) is 4.97. The number of carbonyl (C=O) groups is 1. The van der Waals surface area contributed by atoms with Crippen LogP contribution in [-0.4, -0.2) is 31.9 Å². The van der Waals surface area contributed by atoms with Crippen molar-refractivity contribution in [2.45, 2.75) is 24.8 Å². The van der Waals surface area contributed by atoms with Gasteiger partial charge in [0.05, 0.1) is 6.54 Å². The van der Waals surface area contributed by atoms with E-state index in [-0.39, 0.29) is 10.6 Å². The first-order valence-corrected chi connectivity index (χ1v) is 7.27. The molecule has 1 heterocycles. The second-order valence-electron chi connectivity index (χ2n) is 3.39. The molecule has 1 N–H and O–H groups in total. The maximum absolute atomic E-state index is 11.9. The lowest BCUT2D eigenvalue weighted by molar-refractivity contribution is 0.0883. The normalized spacial score (nSPS) is 11.8. The zero-order chi connectivity index (χ0) is 13.9. The lowest BCUT2D eigenvalue weighted by Crippen LogP contribution is -2.30. The van der Waals surface area contributed by atoms with Crippen LogP contribution in [-0.2, 0) is 15.6 Å². The van der Waals surface area contributed by atoms with Crippen molar-refractivity contribution in [3.8, 4) is 0 Å². The molecule has 18 heavy (non-hydrogen) atoms. The molecule has 0 aliphatic heterocycles. The smallest absolute Gasteiger partial charge is 0.268 e. The Kier molecular flexibility index (Phi) is 4.69. The maximum Gasteiger partial charge on any atom is 0.268 e. The highest BCUT2D eigenvalue weighted by Crippen LogP contribution is 2.18. The predicted octanol–water partition coefficient (Wildman–Crippen LogP) is 1.43. The molecule has 0 aromatic carbocycles. The van der Waals surface area contributed by atoms with E-state index < -0.39 is 27.9 Å². The van der Waals surface area contributed by atoms with E-state index in [0.717, 1.165) is 6.07 Å². The highest BCUT2D eigenvalue weighted by atomic mass is 35.7. The molecule has 5 nitrogen and oxygen atoms in total. The summed E-state index contributed by atoms with van der Waals surface area (Å²) >= 11 is 0. The van der Waals surface area contributed by atoms with Crippen LogP contribution < -0.4 is 5.32 Å². The zero-order valence-corrected chi connectivity index (χ0v) is 10.9. The fourth-order valence-electron chi connectivity index (χ4n) is 1.33. The number of nitrogens with one attached hydrogen (secondary N) is 1. The Labute approximate surface area is 107 Å². The molecular weight excluding hydrogens is 290 g/mol. The predicted molar refractivity (Wildman–Crippen MR) is 61.5 cm³/mol. The Hall–Kier alpha value is -1.15. The summed E-state index contributed by atoms with van der Waals surface area (Å²) in [5.41, 5.74) is -0.0302. The van der Waals surface area contributed by atoms with Gasteiger partial charge in [-0.05, 0) is 13.0 Å². The van der Waals surface area contributed by atoms with Crippen LogP contribution in [0.1, 0.15) is 17.4 Å². The Morgan fingerprint density at radius 3 is 2.61 bits per heavy atom. The topological polar surface area (TPSA) is 68.2 Å². The van der Waals surface area contributed by atoms with E-state index in [1.165, 1.54) is 10.8 Å². The van der Waals surface area contributed by atoms with Gasteiger partial charge in [-0.2, -0.15) is 0 Å². The van der Waals surface area contributed by atoms with Crippen molar-refractivity contribution in [1.82, 2.24) is 9.88 Å². The second kappa shape index (κ2) is 5.66. The Balaban J connectivity index is 3.01. The van der Waals surface area contributed by atoms with Crippen molar-refractivity contribution in [1.29, 1.82) is 0 Å². The maximum atomic E-state index is 11.9. The monoisotopic (exact) mass is 300 g/mol. The number of halogens is 3. The lowest BCUT2D eigenvalue weighted by atomic mass is 10.4. The van der Waals surface area contributed by atoms with Crippen LogP contribution in [0.4, 0.5) is 8.78 Å². The number of nitrogens with zero attached hydrogens (tertiary/aromatic N) is 1. The van der Waals surface area contributed by atoms with Crippen molar-refractivity contribution in [2.24, 2.45) is 0 Å². The highest BCUT2D eigenvalue weighted by molar-refractivity contribution is 8.13. The van der Waals surface area contributed by atoms with Gasteiger partial charge in [0, 0.05) is 23.4 Å². The molecule has 0 spiro atoms. The molecule has 1 aromatic heterocycles. The summed E-state index contributed by atoms with van der Waals surface area (Å²) in [4.78, 5) is 11.3. The standard InChI is InChI=1S/C9H11ClF2N2O3S/c1-2-14-5-6(18(10,16)17)3-7(14)9(15)13-4-8(11)12/h3,5,8H,2,4H2,1H3,(H,13,15). The van der Waals surface area contributed by atoms with E-state index in [1.807, 2.05) is 5.32 Å². The van der Waals surface area contributed by atoms with Crippen LogP contribution in [0, 0.1) is 0 Å². The molecule has 1 aromatic rings. The van der Waals surface area contributed by atoms with Gasteiger partial charge in [0.15, 0.2) is 0 Å². The van der Waals surface area contributed by atoms with Crippen LogP contribution in [0.5, 0.6) is 0 Å². The Bertz CT molecular complexity index is 542. The van der Waals surface area contributed by atoms with Gasteiger partial charge in [-0.3, -0.25) is 4.79 Å². The molecule has 0 atom stereocenters. The minimum atomic E-state index is -3.96. The van der Waals surface area contributed by atoms with Crippen LogP contribution in [0.25, 0.3) is 0 Å². The van der Waals surface area contributed by atoms with Gasteiger partial charge in [-0.1, -0.05) is 0 Å². The van der Waals surface area contributed by atoms with Gasteiger partial charge < -0.3 is 9.88 Å². The minimum Gasteiger partial charge on any atom is -0.345 e. The highest BCUT2D eigenvalue weighted by Gasteiger charge is 2.19. The summed E-state index contributed by atoms with van der Waals surface area (Å²) in [5.74, 6) is -0.774. The van der Waals surface area contributed by atoms with E-state index >= 15 is 0 Å². The number of rotatable bonds is 5. The number of aryl methyl sites for hydroxylation is 1. The third kappa shape index (κ3) is 3.67. The van der Waals surface area contributed by atoms with E-state index in [4.69, 9.17) is 10.7 Å². The first kappa shape index (κ1) is 14.9. The zero-order valence-electron chi connectivity index (χ0n) is 9.36. The molecule has 9 heteroatoms. The molecule has 1 rings (SSSR count). The summed E-state index contributed by atoms with van der Waals surface area (Å²) in [7, 11) is 1.18. The van der Waals surface area contributed by atoms with E-state index in [9.17, 15) is 22.0 Å². The number of amides is 1. The van der Waals surface area contributed by atoms with E-state index in [2.05, 4.69) is 0 Å². The fraction of sp³-hybridized carbons (Fsp3) is 0.444. The largest absolute Gasteiger partial charge is 0.345 e. The molecule has 0 radical (unpaired) electrons. The minimum absolute atomic E-state index is 0.0302. The van der Waals surface area contributed by atoms with Gasteiger partial charge in [-0.15, -0.1) is 0 Å². The summed E-state index contributed by atoms with van der Waals surface area (Å²) in [6, 6.07) is 1.05. The van der Waals surface area contributed by atoms with Crippen molar-refractivity contribution < 1.29 is 22.0 Å². The molecule has 102 valence electrons. The molecule has 0 saturated carbocycles. The summed E-state index contributed by atoms with van der Waals surface area (Å²) in [5, 5.41) is 1.99. The van der Waals surface area contributed by atoms with Crippen molar-refractivity contribution in [2.75, 3.05) is 6.54 Å². The van der Waals surface area contributed by atoms with Gasteiger partial charge in [0.25, 0.3) is 21.4 Å². The number of alkyl halides is 2. The lowest BCUT2D eigenvalue weighted by Gasteiger charge is -2.06. The number of hydrogen-bond acceptors (Lipinski definition) is 3. The quantitative estimate of drug-likeness (QED) is 0.837. The SMILES string of the molecule is CCn1cc(S(=O)(=O)Cl)cc1C(=O)NCC(F)F. The molecule has 1 amide bonds. The Morgan fingerprint density at radius 1 is 1.56 bits per heavy atom. The molecule has 0 aliphatic rings. The number of aromatic nitrogens is 1. The summed E-state index contributed by atoms with van der Waals surface area (Å²) in [6.45, 7) is 1.19. The van der Waals surface area contributed by atoms with Crippen molar-refractivity contribution >= 4 is 25.6 Å². The summed E-state index contributed by atoms with van der Waals surface area (Å²) < 4.78 is 47.4. The third-order valence-electron chi connectivity index (χ3n) is 2.14. The fourth-order valence-corrected chi connectivity index (χ4v) is 2.09. The summed E-state index contributed by atoms with van der Waals surface area (Å²) in [6.07, 6.45) is -1.49. The van der Waals surface area contributed by atoms with Crippen LogP contribution >= 0.6 is 10.7 Å². The van der Waals surface area contributed by atoms with Crippen molar-refractivity contribution in [3.63, 3.8) is 0 Å². The number of hydrogen-bond donors (Lipinski definition) is 1. The molecule has 0 bridgehead atoms. The molecule has 0 saturated heterocycles. The second-order valence-corrected chi connectivity index (χ2v) is 5.95. The third-order valence-corrected chi connectivity index (χ3v) is 3.46. The van der Waals surface area contributed by atoms with Gasteiger partial charge >= 0.3 is 0 Å². The van der Waals surface area contributed by atoms with Crippen LogP contribution in [0.2, 0.25) is 0 Å². The molecule has 0 fully saturated rings. The first-order chi connectivity index (χ1) is 8.25. The Morgan fingerprint density at radius 2 is 2.17 bits per heavy atom. The van der Waals surface area contributed by atoms with Gasteiger partial charge in [-0.25, -0.2) is 17.2 Å². The van der Waals surface area contributed by atoms with Crippen molar-refractivity contribution in [3.05, 3.63) is 18.0 Å². The molecule has 0 aliphatic carbocycles. The van der Waals surface area contributed by atoms with Crippen LogP contribution in [0.15, 0.2) is 17.2 Å². The number of carbonyl (C=O) groups excluding carboxylic acids is 1. The van der Waals surface area contributed by atoms with Gasteiger partial charge in [0.2, 0.25) is 0 Å². The average Bonchev–Trinajstić information content (AvgIpc) is 2.69. The molecular formula is C9H11ClF2N2O3S. The average molecular weight is 301 g/mol. The van der Waals surface area contributed by atoms with E-state index in [0.29, 0.717) is 6.54 Å². The van der Waals surface area contributed by atoms with Crippen LogP contribution in [0.3, 0.4) is 0 Å². The van der Waals surface area contributed by atoms with Gasteiger partial charge in [0.1, 0.15) is 10.6 Å². The van der Waals surface area contributed by atoms with E-state index in [1.54, 1.807) is 6.92 Å². The molecule has 0 unspecified atom stereocenters.